The maximum atomic E-state index is 11.8. The lowest BCUT2D eigenvalue weighted by molar-refractivity contribution is -0.135. The fourth-order valence-electron chi connectivity index (χ4n) is 2.46. The van der Waals surface area contributed by atoms with Gasteiger partial charge in [-0.2, -0.15) is 0 Å². The predicted molar refractivity (Wildman–Crippen MR) is 69.7 cm³/mol. The van der Waals surface area contributed by atoms with E-state index in [0.29, 0.717) is 6.61 Å². The molecule has 0 aromatic heterocycles. The average Bonchev–Trinajstić information content (AvgIpc) is 2.43. The zero-order valence-corrected chi connectivity index (χ0v) is 10.7. The number of amides is 1. The molecule has 1 aliphatic carbocycles. The Balaban J connectivity index is 1.98. The number of benzene rings is 1. The molecule has 0 aliphatic heterocycles. The second-order valence-electron chi connectivity index (χ2n) is 4.70. The molecule has 0 bridgehead atoms. The van der Waals surface area contributed by atoms with E-state index in [4.69, 9.17) is 10.6 Å². The van der Waals surface area contributed by atoms with Gasteiger partial charge in [-0.15, -0.1) is 0 Å². The quantitative estimate of drug-likeness (QED) is 0.787. The van der Waals surface area contributed by atoms with Gasteiger partial charge in [-0.05, 0) is 43.2 Å². The van der Waals surface area contributed by atoms with Crippen molar-refractivity contribution in [2.24, 2.45) is 11.7 Å². The largest absolute Gasteiger partial charge is 0.320 e. The number of hydroxylamine groups is 1. The van der Waals surface area contributed by atoms with E-state index in [1.807, 2.05) is 13.0 Å². The van der Waals surface area contributed by atoms with Crippen molar-refractivity contribution >= 4 is 5.91 Å². The van der Waals surface area contributed by atoms with E-state index < -0.39 is 6.04 Å². The van der Waals surface area contributed by atoms with Crippen LogP contribution in [0.4, 0.5) is 0 Å². The van der Waals surface area contributed by atoms with Crippen molar-refractivity contribution in [3.05, 3.63) is 35.4 Å². The second-order valence-corrected chi connectivity index (χ2v) is 4.70. The van der Waals surface area contributed by atoms with Gasteiger partial charge in [0, 0.05) is 0 Å². The molecule has 4 heteroatoms. The van der Waals surface area contributed by atoms with Gasteiger partial charge >= 0.3 is 0 Å². The standard InChI is InChI=1S/C14H20N2O2/c1-2-18-16-14(17)13(15)12-8-7-10-5-3-4-6-11(10)9-12/h3-6,12-13H,2,7-9,15H2,1H3,(H,16,17). The summed E-state index contributed by atoms with van der Waals surface area (Å²) in [5, 5.41) is 0. The Hall–Kier alpha value is -1.39. The van der Waals surface area contributed by atoms with Crippen LogP contribution in [0.15, 0.2) is 24.3 Å². The lowest BCUT2D eigenvalue weighted by Crippen LogP contribution is -2.47. The molecule has 98 valence electrons. The van der Waals surface area contributed by atoms with E-state index in [1.165, 1.54) is 11.1 Å². The summed E-state index contributed by atoms with van der Waals surface area (Å²) >= 11 is 0. The molecule has 0 fully saturated rings. The molecule has 0 spiro atoms. The Morgan fingerprint density at radius 2 is 2.22 bits per heavy atom. The predicted octanol–water partition coefficient (Wildman–Crippen LogP) is 1.19. The molecule has 2 atom stereocenters. The molecule has 1 aromatic carbocycles. The third kappa shape index (κ3) is 2.89. The van der Waals surface area contributed by atoms with E-state index in [9.17, 15) is 4.79 Å². The van der Waals surface area contributed by atoms with Gasteiger partial charge in [0.25, 0.3) is 5.91 Å². The van der Waals surface area contributed by atoms with Crippen molar-refractivity contribution in [1.29, 1.82) is 0 Å². The lowest BCUT2D eigenvalue weighted by Gasteiger charge is -2.28. The second kappa shape index (κ2) is 5.98. The highest BCUT2D eigenvalue weighted by Gasteiger charge is 2.28. The number of fused-ring (bicyclic) bond motifs is 1. The monoisotopic (exact) mass is 248 g/mol. The number of rotatable bonds is 4. The van der Waals surface area contributed by atoms with Crippen molar-refractivity contribution in [2.75, 3.05) is 6.61 Å². The number of aryl methyl sites for hydroxylation is 1. The van der Waals surface area contributed by atoms with Gasteiger partial charge in [0.1, 0.15) is 0 Å². The number of nitrogens with two attached hydrogens (primary N) is 1. The highest BCUT2D eigenvalue weighted by Crippen LogP contribution is 2.26. The van der Waals surface area contributed by atoms with E-state index >= 15 is 0 Å². The molecule has 1 amide bonds. The van der Waals surface area contributed by atoms with E-state index in [1.54, 1.807) is 0 Å². The molecular formula is C14H20N2O2. The Kier molecular flexibility index (Phi) is 4.33. The third-order valence-corrected chi connectivity index (χ3v) is 3.51. The molecule has 2 rings (SSSR count). The number of nitrogens with one attached hydrogen (secondary N) is 1. The van der Waals surface area contributed by atoms with Crippen LogP contribution in [0.3, 0.4) is 0 Å². The minimum absolute atomic E-state index is 0.195. The van der Waals surface area contributed by atoms with Crippen LogP contribution in [0.25, 0.3) is 0 Å². The van der Waals surface area contributed by atoms with Gasteiger partial charge in [0.2, 0.25) is 0 Å². The topological polar surface area (TPSA) is 64.3 Å². The summed E-state index contributed by atoms with van der Waals surface area (Å²) in [5.41, 5.74) is 11.1. The van der Waals surface area contributed by atoms with Crippen molar-refractivity contribution in [3.8, 4) is 0 Å². The first kappa shape index (κ1) is 13.1. The third-order valence-electron chi connectivity index (χ3n) is 3.51. The number of carbonyl (C=O) groups is 1. The Labute approximate surface area is 107 Å². The first-order valence-corrected chi connectivity index (χ1v) is 6.46. The minimum Gasteiger partial charge on any atom is -0.320 e. The van der Waals surface area contributed by atoms with Crippen LogP contribution >= 0.6 is 0 Å². The van der Waals surface area contributed by atoms with Crippen molar-refractivity contribution < 1.29 is 9.63 Å². The van der Waals surface area contributed by atoms with Crippen LogP contribution in [-0.2, 0) is 22.5 Å². The molecule has 0 radical (unpaired) electrons. The van der Waals surface area contributed by atoms with Gasteiger partial charge in [-0.1, -0.05) is 24.3 Å². The summed E-state index contributed by atoms with van der Waals surface area (Å²) in [6, 6.07) is 7.87. The van der Waals surface area contributed by atoms with Crippen molar-refractivity contribution in [3.63, 3.8) is 0 Å². The average molecular weight is 248 g/mol. The molecule has 4 nitrogen and oxygen atoms in total. The zero-order chi connectivity index (χ0) is 13.0. The van der Waals surface area contributed by atoms with Crippen LogP contribution in [0.1, 0.15) is 24.5 Å². The van der Waals surface area contributed by atoms with Crippen LogP contribution in [0.5, 0.6) is 0 Å². The maximum absolute atomic E-state index is 11.8. The zero-order valence-electron chi connectivity index (χ0n) is 10.7. The fourth-order valence-corrected chi connectivity index (χ4v) is 2.46. The molecular weight excluding hydrogens is 228 g/mol. The summed E-state index contributed by atoms with van der Waals surface area (Å²) in [7, 11) is 0. The van der Waals surface area contributed by atoms with Crippen molar-refractivity contribution in [2.45, 2.75) is 32.2 Å². The van der Waals surface area contributed by atoms with Crippen LogP contribution in [0, 0.1) is 5.92 Å². The summed E-state index contributed by atoms with van der Waals surface area (Å²) in [6.45, 7) is 2.27. The van der Waals surface area contributed by atoms with Gasteiger partial charge in [0.15, 0.2) is 0 Å². The van der Waals surface area contributed by atoms with Crippen LogP contribution in [-0.4, -0.2) is 18.6 Å². The summed E-state index contributed by atoms with van der Waals surface area (Å²) in [6.07, 6.45) is 2.82. The van der Waals surface area contributed by atoms with E-state index in [0.717, 1.165) is 19.3 Å². The molecule has 1 aromatic rings. The molecule has 0 heterocycles. The molecule has 3 N–H and O–H groups in total. The molecule has 2 unspecified atom stereocenters. The number of hydrogen-bond acceptors (Lipinski definition) is 3. The first-order chi connectivity index (χ1) is 8.72. The summed E-state index contributed by atoms with van der Waals surface area (Å²) in [5.74, 6) is -0.0263. The lowest BCUT2D eigenvalue weighted by atomic mass is 9.80. The van der Waals surface area contributed by atoms with Gasteiger partial charge in [0.05, 0.1) is 12.6 Å². The normalized spacial score (nSPS) is 20.0. The maximum Gasteiger partial charge on any atom is 0.260 e. The van der Waals surface area contributed by atoms with E-state index in [-0.39, 0.29) is 11.8 Å². The highest BCUT2D eigenvalue weighted by molar-refractivity contribution is 5.80. The van der Waals surface area contributed by atoms with Crippen molar-refractivity contribution in [1.82, 2.24) is 5.48 Å². The van der Waals surface area contributed by atoms with Crippen LogP contribution < -0.4 is 11.2 Å². The van der Waals surface area contributed by atoms with E-state index in [2.05, 4.69) is 23.7 Å². The SMILES string of the molecule is CCONC(=O)C(N)C1CCc2ccccc2C1. The van der Waals surface area contributed by atoms with Gasteiger partial charge in [-0.25, -0.2) is 5.48 Å². The number of carbonyl (C=O) groups excluding carboxylic acids is 1. The Morgan fingerprint density at radius 3 is 2.94 bits per heavy atom. The minimum atomic E-state index is -0.495. The fraction of sp³-hybridized carbons (Fsp3) is 0.500. The van der Waals surface area contributed by atoms with Crippen LogP contribution in [0.2, 0.25) is 0 Å². The first-order valence-electron chi connectivity index (χ1n) is 6.46. The Bertz CT molecular complexity index is 420. The molecule has 0 saturated heterocycles. The summed E-state index contributed by atoms with van der Waals surface area (Å²) < 4.78 is 0. The summed E-state index contributed by atoms with van der Waals surface area (Å²) in [4.78, 5) is 16.6. The molecule has 18 heavy (non-hydrogen) atoms. The molecule has 0 saturated carbocycles. The highest BCUT2D eigenvalue weighted by atomic mass is 16.6. The van der Waals surface area contributed by atoms with Gasteiger partial charge in [-0.3, -0.25) is 9.63 Å². The smallest absolute Gasteiger partial charge is 0.260 e. The molecule has 1 aliphatic rings. The Morgan fingerprint density at radius 1 is 1.50 bits per heavy atom. The number of hydrogen-bond donors (Lipinski definition) is 2. The van der Waals surface area contributed by atoms with Gasteiger partial charge < -0.3 is 5.73 Å².